The molecular weight excluding hydrogens is 517 g/mol. The van der Waals surface area contributed by atoms with Crippen molar-refractivity contribution in [1.29, 1.82) is 0 Å². The molecule has 3 aromatic rings. The second-order valence-electron chi connectivity index (χ2n) is 9.99. The van der Waals surface area contributed by atoms with Gasteiger partial charge in [-0.1, -0.05) is 24.3 Å². The third-order valence-corrected chi connectivity index (χ3v) is 6.90. The van der Waals surface area contributed by atoms with Crippen LogP contribution in [0.15, 0.2) is 42.5 Å². The zero-order valence-corrected chi connectivity index (χ0v) is 22.8. The Labute approximate surface area is 231 Å². The van der Waals surface area contributed by atoms with Crippen LogP contribution in [0.4, 0.5) is 10.2 Å². The third kappa shape index (κ3) is 6.23. The monoisotopic (exact) mass is 551 g/mol. The molecule has 0 bridgehead atoms. The van der Waals surface area contributed by atoms with Gasteiger partial charge in [0.05, 0.1) is 25.3 Å². The van der Waals surface area contributed by atoms with E-state index in [0.717, 1.165) is 11.6 Å². The van der Waals surface area contributed by atoms with Crippen molar-refractivity contribution in [3.63, 3.8) is 0 Å². The Morgan fingerprint density at radius 2 is 1.80 bits per heavy atom. The van der Waals surface area contributed by atoms with Gasteiger partial charge in [0.2, 0.25) is 5.91 Å². The van der Waals surface area contributed by atoms with E-state index in [0.29, 0.717) is 43.7 Å². The van der Waals surface area contributed by atoms with Gasteiger partial charge in [-0.3, -0.25) is 14.4 Å². The summed E-state index contributed by atoms with van der Waals surface area (Å²) in [5.41, 5.74) is 14.1. The summed E-state index contributed by atoms with van der Waals surface area (Å²) in [6, 6.07) is 10.8. The number of hydrogen-bond acceptors (Lipinski definition) is 7. The lowest BCUT2D eigenvalue weighted by atomic mass is 10.0. The largest absolute Gasteiger partial charge is 0.496 e. The minimum Gasteiger partial charge on any atom is -0.496 e. The number of nitrogens with two attached hydrogens (primary N) is 2. The predicted octanol–water partition coefficient (Wildman–Crippen LogP) is 2.03. The van der Waals surface area contributed by atoms with Crippen LogP contribution in [0.1, 0.15) is 45.2 Å². The first-order chi connectivity index (χ1) is 19.1. The number of halogens is 1. The van der Waals surface area contributed by atoms with Crippen molar-refractivity contribution >= 4 is 23.5 Å². The summed E-state index contributed by atoms with van der Waals surface area (Å²) in [4.78, 5) is 41.0. The van der Waals surface area contributed by atoms with Gasteiger partial charge in [0.15, 0.2) is 0 Å². The molecule has 0 atom stereocenters. The topological polar surface area (TPSA) is 149 Å². The molecule has 2 aromatic carbocycles. The standard InChI is InChI=1S/C28H34FN7O4/c1-34(2)16-23(37)35-12-10-20(11-13-35)36-26(30)24(27(31)38)25(33-36)18-6-4-17(5-7-18)15-32-28(39)21-14-19(29)8-9-22(21)40-3/h4-9,14,20H,10-13,15-16,30H2,1-3H3,(H2,31,38)(H,32,39). The molecule has 1 saturated heterocycles. The number of carbonyl (C=O) groups excluding carboxylic acids is 3. The number of nitrogens with one attached hydrogen (secondary N) is 1. The molecular formula is C28H34FN7O4. The quantitative estimate of drug-likeness (QED) is 0.368. The fourth-order valence-electron chi connectivity index (χ4n) is 4.82. The molecule has 1 aliphatic rings. The normalized spacial score (nSPS) is 13.9. The SMILES string of the molecule is COc1ccc(F)cc1C(=O)NCc1ccc(-c2nn(C3CCN(C(=O)CN(C)C)CC3)c(N)c2C(N)=O)cc1. The number of amides is 3. The molecule has 1 aromatic heterocycles. The van der Waals surface area contributed by atoms with Crippen LogP contribution in [0.3, 0.4) is 0 Å². The van der Waals surface area contributed by atoms with Gasteiger partial charge in [0.1, 0.15) is 28.6 Å². The molecule has 5 N–H and O–H groups in total. The summed E-state index contributed by atoms with van der Waals surface area (Å²) in [6.45, 7) is 1.67. The molecule has 3 amide bonds. The van der Waals surface area contributed by atoms with Crippen molar-refractivity contribution in [2.75, 3.05) is 46.6 Å². The Balaban J connectivity index is 1.47. The highest BCUT2D eigenvalue weighted by atomic mass is 19.1. The number of rotatable bonds is 9. The molecule has 4 rings (SSSR count). The van der Waals surface area contributed by atoms with Crippen molar-refractivity contribution in [2.45, 2.75) is 25.4 Å². The van der Waals surface area contributed by atoms with Crippen molar-refractivity contribution in [1.82, 2.24) is 24.9 Å². The molecule has 0 unspecified atom stereocenters. The minimum atomic E-state index is -0.683. The van der Waals surface area contributed by atoms with Gasteiger partial charge in [-0.05, 0) is 50.7 Å². The van der Waals surface area contributed by atoms with Crippen LogP contribution < -0.4 is 21.5 Å². The minimum absolute atomic E-state index is 0.0711. The van der Waals surface area contributed by atoms with Crippen LogP contribution in [0, 0.1) is 5.82 Å². The van der Waals surface area contributed by atoms with Crippen LogP contribution in [0.25, 0.3) is 11.3 Å². The van der Waals surface area contributed by atoms with Crippen molar-refractivity contribution < 1.29 is 23.5 Å². The Morgan fingerprint density at radius 1 is 1.12 bits per heavy atom. The van der Waals surface area contributed by atoms with E-state index in [1.54, 1.807) is 28.9 Å². The van der Waals surface area contributed by atoms with Crippen molar-refractivity contribution in [3.05, 3.63) is 65.0 Å². The molecule has 0 aliphatic carbocycles. The molecule has 11 nitrogen and oxygen atoms in total. The fourth-order valence-corrected chi connectivity index (χ4v) is 4.82. The molecule has 40 heavy (non-hydrogen) atoms. The Bertz CT molecular complexity index is 1400. The average molecular weight is 552 g/mol. The molecule has 1 fully saturated rings. The molecule has 212 valence electrons. The highest BCUT2D eigenvalue weighted by Gasteiger charge is 2.29. The summed E-state index contributed by atoms with van der Waals surface area (Å²) in [6.07, 6.45) is 1.30. The Morgan fingerprint density at radius 3 is 2.40 bits per heavy atom. The summed E-state index contributed by atoms with van der Waals surface area (Å²) >= 11 is 0. The van der Waals surface area contributed by atoms with E-state index >= 15 is 0 Å². The molecule has 0 saturated carbocycles. The van der Waals surface area contributed by atoms with E-state index in [1.807, 2.05) is 23.9 Å². The second kappa shape index (κ2) is 12.2. The Kier molecular flexibility index (Phi) is 8.68. The Hall–Kier alpha value is -4.45. The van der Waals surface area contributed by atoms with Gasteiger partial charge < -0.3 is 31.3 Å². The van der Waals surface area contributed by atoms with E-state index in [2.05, 4.69) is 10.4 Å². The van der Waals surface area contributed by atoms with Gasteiger partial charge in [0, 0.05) is 25.2 Å². The van der Waals surface area contributed by atoms with Crippen molar-refractivity contribution in [2.24, 2.45) is 5.73 Å². The molecule has 0 radical (unpaired) electrons. The first-order valence-electron chi connectivity index (χ1n) is 12.9. The van der Waals surface area contributed by atoms with Crippen LogP contribution in [-0.2, 0) is 11.3 Å². The van der Waals surface area contributed by atoms with Crippen LogP contribution in [0.5, 0.6) is 5.75 Å². The lowest BCUT2D eigenvalue weighted by Gasteiger charge is -2.33. The molecule has 2 heterocycles. The number of methoxy groups -OCH3 is 1. The number of primary amides is 1. The second-order valence-corrected chi connectivity index (χ2v) is 9.99. The third-order valence-electron chi connectivity index (χ3n) is 6.90. The number of nitrogens with zero attached hydrogens (tertiary/aromatic N) is 4. The smallest absolute Gasteiger partial charge is 0.255 e. The van der Waals surface area contributed by atoms with E-state index in [9.17, 15) is 18.8 Å². The number of aromatic nitrogens is 2. The number of ether oxygens (including phenoxy) is 1. The van der Waals surface area contributed by atoms with E-state index in [1.165, 1.54) is 19.2 Å². The van der Waals surface area contributed by atoms with E-state index in [4.69, 9.17) is 16.2 Å². The van der Waals surface area contributed by atoms with Crippen LogP contribution >= 0.6 is 0 Å². The first kappa shape index (κ1) is 28.6. The average Bonchev–Trinajstić information content (AvgIpc) is 3.28. The molecule has 1 aliphatic heterocycles. The summed E-state index contributed by atoms with van der Waals surface area (Å²) in [7, 11) is 5.12. The number of piperidine rings is 1. The van der Waals surface area contributed by atoms with Crippen LogP contribution in [0.2, 0.25) is 0 Å². The number of likely N-dealkylation sites (N-methyl/N-ethyl adjacent to an activating group) is 1. The van der Waals surface area contributed by atoms with Gasteiger partial charge >= 0.3 is 0 Å². The predicted molar refractivity (Wildman–Crippen MR) is 148 cm³/mol. The number of carbonyl (C=O) groups is 3. The number of likely N-dealkylation sites (tertiary alicyclic amines) is 1. The van der Waals surface area contributed by atoms with Gasteiger partial charge in [-0.25, -0.2) is 9.07 Å². The fraction of sp³-hybridized carbons (Fsp3) is 0.357. The zero-order valence-electron chi connectivity index (χ0n) is 22.8. The van der Waals surface area contributed by atoms with Gasteiger partial charge in [-0.15, -0.1) is 0 Å². The summed E-state index contributed by atoms with van der Waals surface area (Å²) in [5, 5.41) is 7.43. The van der Waals surface area contributed by atoms with Gasteiger partial charge in [0.25, 0.3) is 11.8 Å². The van der Waals surface area contributed by atoms with E-state index < -0.39 is 17.6 Å². The van der Waals surface area contributed by atoms with Crippen molar-refractivity contribution in [3.8, 4) is 17.0 Å². The highest BCUT2D eigenvalue weighted by molar-refractivity contribution is 6.03. The number of anilines is 1. The molecule has 12 heteroatoms. The van der Waals surface area contributed by atoms with Gasteiger partial charge in [-0.2, -0.15) is 5.10 Å². The maximum absolute atomic E-state index is 13.6. The number of nitrogen functional groups attached to an aromatic ring is 1. The number of hydrogen-bond donors (Lipinski definition) is 3. The lowest BCUT2D eigenvalue weighted by Crippen LogP contribution is -2.43. The zero-order chi connectivity index (χ0) is 29.0. The summed E-state index contributed by atoms with van der Waals surface area (Å²) in [5.74, 6) is -1.16. The maximum atomic E-state index is 13.6. The summed E-state index contributed by atoms with van der Waals surface area (Å²) < 4.78 is 20.4. The first-order valence-corrected chi connectivity index (χ1v) is 12.9. The number of benzene rings is 2. The lowest BCUT2D eigenvalue weighted by molar-refractivity contribution is -0.133. The molecule has 0 spiro atoms. The van der Waals surface area contributed by atoms with E-state index in [-0.39, 0.29) is 41.2 Å². The maximum Gasteiger partial charge on any atom is 0.255 e. The highest BCUT2D eigenvalue weighted by Crippen LogP contribution is 2.32. The van der Waals surface area contributed by atoms with Crippen LogP contribution in [-0.4, -0.2) is 78.1 Å².